The van der Waals surface area contributed by atoms with Crippen LogP contribution >= 0.6 is 31.9 Å². The highest BCUT2D eigenvalue weighted by atomic mass is 127. The lowest BCUT2D eigenvalue weighted by atomic mass is 9.98. The highest BCUT2D eigenvalue weighted by Crippen LogP contribution is 2.34. The molecule has 0 bridgehead atoms. The van der Waals surface area contributed by atoms with Gasteiger partial charge in [0.2, 0.25) is 0 Å². The molecular weight excluding hydrogens is 514 g/mol. The minimum Gasteiger partial charge on any atom is -0.417 e. The van der Waals surface area contributed by atoms with Crippen molar-refractivity contribution in [3.8, 4) is 0 Å². The van der Waals surface area contributed by atoms with Crippen molar-refractivity contribution in [3.05, 3.63) is 90.5 Å². The van der Waals surface area contributed by atoms with Gasteiger partial charge in [-0.15, -0.1) is 24.0 Å². The highest BCUT2D eigenvalue weighted by molar-refractivity contribution is 14.0. The summed E-state index contributed by atoms with van der Waals surface area (Å²) in [7, 11) is -2.06. The van der Waals surface area contributed by atoms with Crippen molar-refractivity contribution in [3.63, 3.8) is 0 Å². The lowest BCUT2D eigenvalue weighted by Gasteiger charge is -2.26. The molecule has 0 spiro atoms. The predicted molar refractivity (Wildman–Crippen MR) is 147 cm³/mol. The normalized spacial score (nSPS) is 12.4. The van der Waals surface area contributed by atoms with Gasteiger partial charge in [-0.25, -0.2) is 0 Å². The summed E-state index contributed by atoms with van der Waals surface area (Å²) >= 11 is 0. The lowest BCUT2D eigenvalue weighted by molar-refractivity contribution is 0.238. The number of hydrogen-bond donors (Lipinski definition) is 0. The predicted octanol–water partition coefficient (Wildman–Crippen LogP) is 6.48. The minimum atomic E-state index is -1.49. The molecule has 1 unspecified atom stereocenters. The lowest BCUT2D eigenvalue weighted by Crippen LogP contribution is -2.30. The monoisotopic (exact) mass is 548 g/mol. The molecule has 0 fully saturated rings. The number of benzene rings is 3. The third kappa shape index (κ3) is 7.30. The van der Waals surface area contributed by atoms with Gasteiger partial charge in [-0.1, -0.05) is 98.3 Å². The van der Waals surface area contributed by atoms with E-state index >= 15 is 0 Å². The Kier molecular flexibility index (Phi) is 10.2. The number of hydrogen-bond acceptors (Lipinski definition) is 1. The molecule has 0 aliphatic heterocycles. The van der Waals surface area contributed by atoms with Crippen molar-refractivity contribution in [2.75, 3.05) is 6.61 Å². The molecule has 0 aromatic heterocycles. The molecule has 0 saturated carbocycles. The van der Waals surface area contributed by atoms with Crippen LogP contribution in [0.1, 0.15) is 18.9 Å². The van der Waals surface area contributed by atoms with Gasteiger partial charge in [-0.05, 0) is 61.4 Å². The second-order valence-corrected chi connectivity index (χ2v) is 15.2. The summed E-state index contributed by atoms with van der Waals surface area (Å²) in [6.45, 7) is 9.99. The van der Waals surface area contributed by atoms with Gasteiger partial charge in [-0.3, -0.25) is 0 Å². The van der Waals surface area contributed by atoms with E-state index in [4.69, 9.17) is 4.43 Å². The van der Waals surface area contributed by atoms with E-state index < -0.39 is 16.2 Å². The zero-order valence-corrected chi connectivity index (χ0v) is 22.8. The average Bonchev–Trinajstić information content (AvgIpc) is 2.73. The maximum Gasteiger partial charge on any atom is 0.183 e. The Morgan fingerprint density at radius 1 is 0.767 bits per heavy atom. The topological polar surface area (TPSA) is 9.23 Å². The standard InChI is InChI=1S/C26H33OPSi.HI/c1-5-22(21-27-29(2,3)4)20-23-14-12-13-19-26(23)28(24-15-8-6-9-16-24)25-17-10-7-11-18-25;/h6-19,22H,5,20-21H2,1-4H3;1H. The highest BCUT2D eigenvalue weighted by Gasteiger charge is 2.22. The summed E-state index contributed by atoms with van der Waals surface area (Å²) in [4.78, 5) is 0. The van der Waals surface area contributed by atoms with Crippen molar-refractivity contribution in [2.45, 2.75) is 39.4 Å². The maximum atomic E-state index is 6.27. The molecule has 4 heteroatoms. The fourth-order valence-corrected chi connectivity index (χ4v) is 6.70. The molecule has 0 amide bonds. The Balaban J connectivity index is 0.00000320. The molecule has 0 aliphatic carbocycles. The first-order chi connectivity index (χ1) is 14.0. The van der Waals surface area contributed by atoms with Crippen molar-refractivity contribution < 1.29 is 4.43 Å². The van der Waals surface area contributed by atoms with Gasteiger partial charge < -0.3 is 4.43 Å². The summed E-state index contributed by atoms with van der Waals surface area (Å²) in [5.41, 5.74) is 1.47. The van der Waals surface area contributed by atoms with E-state index in [0.717, 1.165) is 19.4 Å². The van der Waals surface area contributed by atoms with Crippen molar-refractivity contribution >= 4 is 56.1 Å². The Morgan fingerprint density at radius 3 is 1.77 bits per heavy atom. The van der Waals surface area contributed by atoms with Crippen LogP contribution in [0.25, 0.3) is 0 Å². The van der Waals surface area contributed by atoms with Crippen LogP contribution in [0.3, 0.4) is 0 Å². The Labute approximate surface area is 202 Å². The molecule has 30 heavy (non-hydrogen) atoms. The van der Waals surface area contributed by atoms with Gasteiger partial charge in [-0.2, -0.15) is 0 Å². The van der Waals surface area contributed by atoms with Crippen LogP contribution in [0.2, 0.25) is 19.6 Å². The van der Waals surface area contributed by atoms with Crippen LogP contribution in [0.5, 0.6) is 0 Å². The molecule has 0 saturated heterocycles. The maximum absolute atomic E-state index is 6.27. The van der Waals surface area contributed by atoms with Gasteiger partial charge in [0, 0.05) is 6.61 Å². The zero-order valence-electron chi connectivity index (χ0n) is 18.5. The molecule has 0 N–H and O–H groups in total. The van der Waals surface area contributed by atoms with E-state index in [1.807, 2.05) is 0 Å². The van der Waals surface area contributed by atoms with Crippen molar-refractivity contribution in [1.82, 2.24) is 0 Å². The Morgan fingerprint density at radius 2 is 1.27 bits per heavy atom. The van der Waals surface area contributed by atoms with Crippen molar-refractivity contribution in [1.29, 1.82) is 0 Å². The van der Waals surface area contributed by atoms with Crippen LogP contribution in [0, 0.1) is 5.92 Å². The molecule has 0 heterocycles. The van der Waals surface area contributed by atoms with E-state index in [-0.39, 0.29) is 24.0 Å². The van der Waals surface area contributed by atoms with Gasteiger partial charge in [0.25, 0.3) is 0 Å². The van der Waals surface area contributed by atoms with Crippen LogP contribution in [-0.4, -0.2) is 14.9 Å². The molecule has 3 aromatic carbocycles. The van der Waals surface area contributed by atoms with Crippen molar-refractivity contribution in [2.24, 2.45) is 5.92 Å². The van der Waals surface area contributed by atoms with E-state index in [1.54, 1.807) is 0 Å². The SMILES string of the molecule is CCC(CO[Si](C)(C)C)Cc1ccccc1P(c1ccccc1)c1ccccc1.I. The Bertz CT molecular complexity index is 841. The second kappa shape index (κ2) is 12.1. The summed E-state index contributed by atoms with van der Waals surface area (Å²) < 4.78 is 6.27. The molecule has 3 aromatic rings. The molecule has 0 radical (unpaired) electrons. The van der Waals surface area contributed by atoms with Crippen LogP contribution < -0.4 is 15.9 Å². The fraction of sp³-hybridized carbons (Fsp3) is 0.308. The molecule has 0 aliphatic rings. The Hall–Kier alpha value is -1.00. The van der Waals surface area contributed by atoms with Crippen LogP contribution in [-0.2, 0) is 10.8 Å². The van der Waals surface area contributed by atoms with Gasteiger partial charge in [0.1, 0.15) is 0 Å². The van der Waals surface area contributed by atoms with Crippen LogP contribution in [0.4, 0.5) is 0 Å². The molecular formula is C26H34IOPSi. The second-order valence-electron chi connectivity index (χ2n) is 8.54. The first kappa shape index (κ1) is 25.3. The molecule has 1 nitrogen and oxygen atoms in total. The van der Waals surface area contributed by atoms with E-state index in [1.165, 1.54) is 21.5 Å². The largest absolute Gasteiger partial charge is 0.417 e. The van der Waals surface area contributed by atoms with E-state index in [9.17, 15) is 0 Å². The fourth-order valence-electron chi connectivity index (χ4n) is 3.48. The summed E-state index contributed by atoms with van der Waals surface area (Å²) in [5.74, 6) is 0.561. The van der Waals surface area contributed by atoms with Crippen LogP contribution in [0.15, 0.2) is 84.9 Å². The first-order valence-corrected chi connectivity index (χ1v) is 15.3. The average molecular weight is 549 g/mol. The summed E-state index contributed by atoms with van der Waals surface area (Å²) in [5, 5.41) is 4.30. The molecule has 160 valence electrons. The first-order valence-electron chi connectivity index (χ1n) is 10.6. The number of halogens is 1. The minimum absolute atomic E-state index is 0. The number of rotatable bonds is 9. The smallest absolute Gasteiger partial charge is 0.183 e. The third-order valence-electron chi connectivity index (χ3n) is 5.10. The van der Waals surface area contributed by atoms with Gasteiger partial charge in [0.05, 0.1) is 0 Å². The summed E-state index contributed by atoms with van der Waals surface area (Å²) in [6.07, 6.45) is 2.23. The quantitative estimate of drug-likeness (QED) is 0.169. The van der Waals surface area contributed by atoms with Gasteiger partial charge >= 0.3 is 0 Å². The zero-order chi connectivity index (χ0) is 20.7. The molecule has 1 atom stereocenters. The van der Waals surface area contributed by atoms with Gasteiger partial charge in [0.15, 0.2) is 8.32 Å². The van der Waals surface area contributed by atoms with E-state index in [0.29, 0.717) is 5.92 Å². The summed E-state index contributed by atoms with van der Waals surface area (Å²) in [6, 6.07) is 31.0. The molecule has 3 rings (SSSR count). The van der Waals surface area contributed by atoms with E-state index in [2.05, 4.69) is 111 Å². The third-order valence-corrected chi connectivity index (χ3v) is 8.68.